The third kappa shape index (κ3) is 67.0. The normalized spacial score (nSPS) is 12.7. The fourth-order valence-corrected chi connectivity index (χ4v) is 9.89. The van der Waals surface area contributed by atoms with Crippen LogP contribution >= 0.6 is 0 Å². The van der Waals surface area contributed by atoms with E-state index in [2.05, 4.69) is 118 Å². The summed E-state index contributed by atoms with van der Waals surface area (Å²) in [6, 6.07) is 0. The second-order valence-electron chi connectivity index (χ2n) is 23.1. The highest BCUT2D eigenvalue weighted by Crippen LogP contribution is 2.17. The molecule has 0 aromatic carbocycles. The van der Waals surface area contributed by atoms with E-state index in [1.54, 1.807) is 0 Å². The van der Waals surface area contributed by atoms with Gasteiger partial charge in [-0.1, -0.05) is 317 Å². The monoisotopic (exact) mass is 1130 g/mol. The van der Waals surface area contributed by atoms with Crippen molar-refractivity contribution in [3.63, 3.8) is 0 Å². The van der Waals surface area contributed by atoms with Crippen LogP contribution in [-0.4, -0.2) is 37.2 Å². The van der Waals surface area contributed by atoms with Crippen LogP contribution in [-0.2, 0) is 28.6 Å². The summed E-state index contributed by atoms with van der Waals surface area (Å²) in [6.07, 6.45) is 93.1. The van der Waals surface area contributed by atoms with Gasteiger partial charge in [-0.2, -0.15) is 0 Å². The molecule has 0 heterocycles. The molecule has 466 valence electrons. The molecule has 0 aliphatic heterocycles. The molecule has 0 aromatic rings. The fourth-order valence-electron chi connectivity index (χ4n) is 9.89. The molecule has 0 radical (unpaired) electrons. The largest absolute Gasteiger partial charge is 0.462 e. The number of esters is 3. The maximum Gasteiger partial charge on any atom is 0.306 e. The highest BCUT2D eigenvalue weighted by Gasteiger charge is 2.19. The molecule has 0 fully saturated rings. The summed E-state index contributed by atoms with van der Waals surface area (Å²) in [7, 11) is 0. The molecule has 6 heteroatoms. The van der Waals surface area contributed by atoms with Crippen LogP contribution in [0, 0.1) is 0 Å². The lowest BCUT2D eigenvalue weighted by atomic mass is 10.0. The van der Waals surface area contributed by atoms with Crippen molar-refractivity contribution in [2.75, 3.05) is 13.2 Å². The molecule has 0 N–H and O–H groups in total. The summed E-state index contributed by atoms with van der Waals surface area (Å²) in [5, 5.41) is 0. The van der Waals surface area contributed by atoms with E-state index in [0.29, 0.717) is 12.8 Å². The predicted molar refractivity (Wildman–Crippen MR) is 353 cm³/mol. The fraction of sp³-hybridized carbons (Fsp3) is 0.747. The summed E-state index contributed by atoms with van der Waals surface area (Å²) in [4.78, 5) is 38.3. The molecule has 0 rings (SSSR count). The zero-order chi connectivity index (χ0) is 58.5. The lowest BCUT2D eigenvalue weighted by Gasteiger charge is -2.18. The lowest BCUT2D eigenvalue weighted by molar-refractivity contribution is -0.167. The molecule has 0 saturated heterocycles. The van der Waals surface area contributed by atoms with Gasteiger partial charge in [0.05, 0.1) is 0 Å². The number of carbonyl (C=O) groups excluding carboxylic acids is 3. The van der Waals surface area contributed by atoms with Crippen LogP contribution in [0.15, 0.2) is 97.2 Å². The van der Waals surface area contributed by atoms with Crippen LogP contribution in [0.2, 0.25) is 0 Å². The van der Waals surface area contributed by atoms with Gasteiger partial charge in [0.25, 0.3) is 0 Å². The Morgan fingerprint density at radius 3 is 0.778 bits per heavy atom. The Morgan fingerprint density at radius 2 is 0.481 bits per heavy atom. The van der Waals surface area contributed by atoms with Crippen LogP contribution in [0.3, 0.4) is 0 Å². The van der Waals surface area contributed by atoms with Crippen LogP contribution in [0.4, 0.5) is 0 Å². The Kier molecular flexibility index (Phi) is 65.7. The van der Waals surface area contributed by atoms with Gasteiger partial charge < -0.3 is 14.2 Å². The zero-order valence-electron chi connectivity index (χ0n) is 53.5. The molecule has 0 spiro atoms. The van der Waals surface area contributed by atoms with Gasteiger partial charge in [-0.15, -0.1) is 0 Å². The van der Waals surface area contributed by atoms with Gasteiger partial charge in [0.15, 0.2) is 6.10 Å². The van der Waals surface area contributed by atoms with Crippen LogP contribution in [0.1, 0.15) is 342 Å². The number of hydrogen-bond acceptors (Lipinski definition) is 6. The minimum absolute atomic E-state index is 0.0881. The minimum atomic E-state index is -0.794. The maximum atomic E-state index is 12.9. The van der Waals surface area contributed by atoms with E-state index in [4.69, 9.17) is 14.2 Å². The average molecular weight is 1130 g/mol. The second kappa shape index (κ2) is 68.8. The van der Waals surface area contributed by atoms with Crippen molar-refractivity contribution in [3.05, 3.63) is 97.2 Å². The highest BCUT2D eigenvalue weighted by molar-refractivity contribution is 5.71. The third-order valence-electron chi connectivity index (χ3n) is 15.1. The predicted octanol–water partition coefficient (Wildman–Crippen LogP) is 24.0. The van der Waals surface area contributed by atoms with Crippen molar-refractivity contribution in [2.24, 2.45) is 0 Å². The summed E-state index contributed by atoms with van der Waals surface area (Å²) in [5.74, 6) is -0.911. The topological polar surface area (TPSA) is 78.9 Å². The Hall–Kier alpha value is -3.67. The number of rotatable bonds is 63. The van der Waals surface area contributed by atoms with Gasteiger partial charge in [-0.05, 0) is 103 Å². The van der Waals surface area contributed by atoms with Crippen molar-refractivity contribution in [2.45, 2.75) is 348 Å². The van der Waals surface area contributed by atoms with Crippen molar-refractivity contribution < 1.29 is 28.6 Å². The van der Waals surface area contributed by atoms with Crippen molar-refractivity contribution >= 4 is 17.9 Å². The Morgan fingerprint density at radius 1 is 0.259 bits per heavy atom. The molecule has 6 nitrogen and oxygen atoms in total. The van der Waals surface area contributed by atoms with Crippen molar-refractivity contribution in [3.8, 4) is 0 Å². The number of carbonyl (C=O) groups is 3. The SMILES string of the molecule is CC/C=C\C/C=C\C/C=C\C/C=C\C/C=C\C/C=C\C/C=C\CCCCCC(=O)OC(COC(=O)CCCCCCCCCCC)COC(=O)CCCCCCCCCCCCCCCCCCC/C=C\CCCCCCCCCC. The van der Waals surface area contributed by atoms with E-state index in [9.17, 15) is 14.4 Å². The van der Waals surface area contributed by atoms with Gasteiger partial charge in [0, 0.05) is 19.3 Å². The van der Waals surface area contributed by atoms with E-state index in [0.717, 1.165) is 109 Å². The number of ether oxygens (including phenoxy) is 3. The number of unbranched alkanes of at least 4 members (excludes halogenated alkanes) is 36. The first-order chi connectivity index (χ1) is 40.0. The molecule has 81 heavy (non-hydrogen) atoms. The minimum Gasteiger partial charge on any atom is -0.462 e. The molecule has 0 bridgehead atoms. The number of hydrogen-bond donors (Lipinski definition) is 0. The van der Waals surface area contributed by atoms with E-state index in [-0.39, 0.29) is 37.5 Å². The van der Waals surface area contributed by atoms with Crippen LogP contribution < -0.4 is 0 Å². The van der Waals surface area contributed by atoms with Crippen LogP contribution in [0.5, 0.6) is 0 Å². The molecular weight excluding hydrogens is 997 g/mol. The molecule has 0 amide bonds. The molecule has 0 aliphatic rings. The summed E-state index contributed by atoms with van der Waals surface area (Å²) in [5.41, 5.74) is 0. The summed E-state index contributed by atoms with van der Waals surface area (Å²) < 4.78 is 16.9. The first-order valence-electron chi connectivity index (χ1n) is 34.7. The van der Waals surface area contributed by atoms with Gasteiger partial charge in [0.2, 0.25) is 0 Å². The van der Waals surface area contributed by atoms with E-state index < -0.39 is 6.10 Å². The first kappa shape index (κ1) is 77.3. The summed E-state index contributed by atoms with van der Waals surface area (Å²) in [6.45, 7) is 6.51. The van der Waals surface area contributed by atoms with Crippen molar-refractivity contribution in [1.82, 2.24) is 0 Å². The molecule has 0 saturated carbocycles. The molecule has 1 atom stereocenters. The van der Waals surface area contributed by atoms with Gasteiger partial charge in [-0.3, -0.25) is 14.4 Å². The second-order valence-corrected chi connectivity index (χ2v) is 23.1. The lowest BCUT2D eigenvalue weighted by Crippen LogP contribution is -2.30. The smallest absolute Gasteiger partial charge is 0.306 e. The zero-order valence-corrected chi connectivity index (χ0v) is 53.5. The van der Waals surface area contributed by atoms with E-state index in [1.165, 1.54) is 193 Å². The van der Waals surface area contributed by atoms with Crippen LogP contribution in [0.25, 0.3) is 0 Å². The van der Waals surface area contributed by atoms with Gasteiger partial charge >= 0.3 is 17.9 Å². The Balaban J connectivity index is 4.21. The third-order valence-corrected chi connectivity index (χ3v) is 15.1. The average Bonchev–Trinajstić information content (AvgIpc) is 3.47. The van der Waals surface area contributed by atoms with Crippen molar-refractivity contribution in [1.29, 1.82) is 0 Å². The summed E-state index contributed by atoms with van der Waals surface area (Å²) >= 11 is 0. The van der Waals surface area contributed by atoms with Gasteiger partial charge in [-0.25, -0.2) is 0 Å². The molecule has 0 aliphatic carbocycles. The Labute approximate surface area is 502 Å². The van der Waals surface area contributed by atoms with E-state index >= 15 is 0 Å². The standard InChI is InChI=1S/C75H130O6/c1-4-7-10-13-16-19-21-23-25-27-29-31-33-35-36-37-38-40-41-43-45-47-49-51-53-56-59-62-65-68-74(77)80-71-72(70-79-73(76)67-64-61-58-55-18-15-12-9-6-3)81-75(78)69-66-63-60-57-54-52-50-48-46-44-42-39-34-32-30-28-26-24-22-20-17-14-11-8-5-2/h8,11,17,20,24,26-27,29-30,32,39,42,46,48,52,54,72H,4-7,9-10,12-16,18-19,21-23,25,28,31,33-38,40-41,43-45,47,49-51,53,55-71H2,1-3H3/b11-8-,20-17-,26-24-,29-27-,32-30-,42-39-,48-46-,54-52-. The molecule has 0 aromatic heterocycles. The highest BCUT2D eigenvalue weighted by atomic mass is 16.6. The number of allylic oxidation sites excluding steroid dienone is 16. The Bertz CT molecular complexity index is 1580. The maximum absolute atomic E-state index is 12.9. The quantitative estimate of drug-likeness (QED) is 0.0261. The van der Waals surface area contributed by atoms with Gasteiger partial charge in [0.1, 0.15) is 13.2 Å². The van der Waals surface area contributed by atoms with E-state index in [1.807, 2.05) is 0 Å². The first-order valence-corrected chi connectivity index (χ1v) is 34.7. The molecular formula is C75H130O6. The molecule has 1 unspecified atom stereocenters.